The Morgan fingerprint density at radius 1 is 1.42 bits per heavy atom. The summed E-state index contributed by atoms with van der Waals surface area (Å²) >= 11 is 3.30. The third-order valence-electron chi connectivity index (χ3n) is 1.34. The lowest BCUT2D eigenvalue weighted by Crippen LogP contribution is -2.33. The first kappa shape index (κ1) is 7.35. The molecule has 60 valence electrons. The van der Waals surface area contributed by atoms with Gasteiger partial charge in [0.1, 0.15) is 5.21 Å². The van der Waals surface area contributed by atoms with Gasteiger partial charge in [-0.25, -0.2) is 0 Å². The van der Waals surface area contributed by atoms with Gasteiger partial charge in [-0.05, 0) is 22.0 Å². The topological polar surface area (TPSA) is 58.3 Å². The molecule has 0 atom stereocenters. The Hall–Kier alpha value is -1.30. The van der Waals surface area contributed by atoms with Gasteiger partial charge in [-0.1, -0.05) is 5.21 Å². The van der Waals surface area contributed by atoms with E-state index in [1.165, 1.54) is 0 Å². The zero-order valence-corrected chi connectivity index (χ0v) is 7.56. The molecule has 5 nitrogen and oxygen atoms in total. The van der Waals surface area contributed by atoms with E-state index < -0.39 is 0 Å². The van der Waals surface area contributed by atoms with E-state index in [0.717, 1.165) is 10.3 Å². The molecule has 12 heavy (non-hydrogen) atoms. The van der Waals surface area contributed by atoms with Crippen molar-refractivity contribution in [2.24, 2.45) is 0 Å². The summed E-state index contributed by atoms with van der Waals surface area (Å²) in [5.74, 6) is 0.753. The monoisotopic (exact) mass is 226 g/mol. The minimum Gasteiger partial charge on any atom is -0.140 e. The first-order valence-electron chi connectivity index (χ1n) is 3.26. The lowest BCUT2D eigenvalue weighted by atomic mass is 10.5. The second-order valence-electron chi connectivity index (χ2n) is 2.14. The average Bonchev–Trinajstić information content (AvgIpc) is 2.58. The molecule has 0 aliphatic carbocycles. The maximum Gasteiger partial charge on any atom is 0.257 e. The molecule has 0 unspecified atom stereocenters. The number of hydrogen-bond donors (Lipinski definition) is 1. The van der Waals surface area contributed by atoms with Gasteiger partial charge in [0.05, 0.1) is 6.20 Å². The Kier molecular flexibility index (Phi) is 1.83. The van der Waals surface area contributed by atoms with Gasteiger partial charge >= 0.3 is 0 Å². The van der Waals surface area contributed by atoms with Crippen LogP contribution >= 0.6 is 15.9 Å². The second kappa shape index (κ2) is 2.98. The van der Waals surface area contributed by atoms with Crippen LogP contribution in [0.4, 0.5) is 0 Å². The first-order valence-corrected chi connectivity index (χ1v) is 4.05. The molecule has 2 rings (SSSR count). The number of pyridine rings is 1. The molecule has 0 amide bonds. The SMILES string of the molecule is Brc1ccc(-[n+]2cnn[nH]2)nc1. The maximum absolute atomic E-state index is 4.13. The quantitative estimate of drug-likeness (QED) is 0.710. The summed E-state index contributed by atoms with van der Waals surface area (Å²) < 4.78 is 2.56. The van der Waals surface area contributed by atoms with Crippen molar-refractivity contribution >= 4 is 15.9 Å². The minimum atomic E-state index is 0.753. The van der Waals surface area contributed by atoms with Crippen LogP contribution in [0.2, 0.25) is 0 Å². The van der Waals surface area contributed by atoms with E-state index in [-0.39, 0.29) is 0 Å². The van der Waals surface area contributed by atoms with E-state index in [0.29, 0.717) is 0 Å². The van der Waals surface area contributed by atoms with E-state index in [1.807, 2.05) is 12.1 Å². The molecule has 0 saturated carbocycles. The van der Waals surface area contributed by atoms with Crippen molar-refractivity contribution in [3.8, 4) is 5.82 Å². The summed E-state index contributed by atoms with van der Waals surface area (Å²) in [6, 6.07) is 3.75. The molecule has 2 heterocycles. The Morgan fingerprint density at radius 3 is 2.92 bits per heavy atom. The molecule has 1 N–H and O–H groups in total. The summed E-state index contributed by atoms with van der Waals surface area (Å²) in [5, 5.41) is 9.83. The molecule has 0 aromatic carbocycles. The number of nitrogens with zero attached hydrogens (tertiary/aromatic N) is 4. The normalized spacial score (nSPS) is 10.1. The van der Waals surface area contributed by atoms with Gasteiger partial charge in [0.2, 0.25) is 0 Å². The van der Waals surface area contributed by atoms with Gasteiger partial charge in [-0.3, -0.25) is 0 Å². The van der Waals surface area contributed by atoms with Gasteiger partial charge in [0.25, 0.3) is 12.1 Å². The highest BCUT2D eigenvalue weighted by atomic mass is 79.9. The molecule has 2 aromatic rings. The largest absolute Gasteiger partial charge is 0.257 e. The summed E-state index contributed by atoms with van der Waals surface area (Å²) in [5.41, 5.74) is 0. The number of rotatable bonds is 1. The Balaban J connectivity index is 2.43. The van der Waals surface area contributed by atoms with Crippen LogP contribution < -0.4 is 4.68 Å². The van der Waals surface area contributed by atoms with E-state index in [1.54, 1.807) is 17.2 Å². The highest BCUT2D eigenvalue weighted by Crippen LogP contribution is 2.06. The number of tetrazole rings is 1. The standard InChI is InChI=1S/C6H4BrN5/c7-5-1-2-6(8-3-5)12-4-9-10-11-12/h1-4H/p+1. The fourth-order valence-corrected chi connectivity index (χ4v) is 1.03. The fourth-order valence-electron chi connectivity index (χ4n) is 0.798. The first-order chi connectivity index (χ1) is 5.86. The lowest BCUT2D eigenvalue weighted by Gasteiger charge is -1.90. The Labute approximate surface area is 76.6 Å². The van der Waals surface area contributed by atoms with Gasteiger partial charge in [-0.15, -0.1) is 9.67 Å². The third kappa shape index (κ3) is 1.33. The van der Waals surface area contributed by atoms with Crippen molar-refractivity contribution in [1.29, 1.82) is 0 Å². The van der Waals surface area contributed by atoms with E-state index in [2.05, 4.69) is 36.4 Å². The molecule has 0 aliphatic rings. The molecule has 0 saturated heterocycles. The number of hydrogen-bond acceptors (Lipinski definition) is 3. The van der Waals surface area contributed by atoms with Crippen molar-refractivity contribution < 1.29 is 4.68 Å². The van der Waals surface area contributed by atoms with Crippen LogP contribution in [-0.4, -0.2) is 20.5 Å². The highest BCUT2D eigenvalue weighted by Gasteiger charge is 2.03. The molecule has 0 aliphatic heterocycles. The molecular formula is C6H5BrN5+. The predicted octanol–water partition coefficient (Wildman–Crippen LogP) is 0.239. The maximum atomic E-state index is 4.13. The molecule has 6 heteroatoms. The van der Waals surface area contributed by atoms with E-state index in [4.69, 9.17) is 0 Å². The van der Waals surface area contributed by atoms with Crippen LogP contribution in [0.3, 0.4) is 0 Å². The molecular weight excluding hydrogens is 222 g/mol. The fraction of sp³-hybridized carbons (Fsp3) is 0. The summed E-state index contributed by atoms with van der Waals surface area (Å²) in [4.78, 5) is 4.13. The number of H-pyrrole nitrogens is 1. The summed E-state index contributed by atoms with van der Waals surface area (Å²) in [6.45, 7) is 0. The van der Waals surface area contributed by atoms with Crippen LogP contribution in [0.15, 0.2) is 29.1 Å². The lowest BCUT2D eigenvalue weighted by molar-refractivity contribution is -0.664. The predicted molar refractivity (Wildman–Crippen MR) is 43.4 cm³/mol. The minimum absolute atomic E-state index is 0.753. The number of aromatic amines is 1. The number of nitrogens with one attached hydrogen (secondary N) is 1. The molecule has 0 fully saturated rings. The van der Waals surface area contributed by atoms with Crippen LogP contribution in [0, 0.1) is 0 Å². The van der Waals surface area contributed by atoms with Gasteiger partial charge in [-0.2, -0.15) is 0 Å². The number of halogens is 1. The Morgan fingerprint density at radius 2 is 2.33 bits per heavy atom. The van der Waals surface area contributed by atoms with Crippen LogP contribution in [0.5, 0.6) is 0 Å². The zero-order valence-electron chi connectivity index (χ0n) is 5.98. The summed E-state index contributed by atoms with van der Waals surface area (Å²) in [7, 11) is 0. The molecule has 0 spiro atoms. The Bertz CT molecular complexity index is 354. The number of aromatic nitrogens is 5. The smallest absolute Gasteiger partial charge is 0.140 e. The average molecular weight is 227 g/mol. The molecule has 2 aromatic heterocycles. The van der Waals surface area contributed by atoms with Crippen molar-refractivity contribution in [3.63, 3.8) is 0 Å². The highest BCUT2D eigenvalue weighted by molar-refractivity contribution is 9.10. The third-order valence-corrected chi connectivity index (χ3v) is 1.80. The molecule has 0 bridgehead atoms. The van der Waals surface area contributed by atoms with Crippen molar-refractivity contribution in [1.82, 2.24) is 20.5 Å². The molecule has 0 radical (unpaired) electrons. The summed E-state index contributed by atoms with van der Waals surface area (Å²) in [6.07, 6.45) is 3.26. The van der Waals surface area contributed by atoms with Gasteiger partial charge in [0, 0.05) is 15.6 Å². The van der Waals surface area contributed by atoms with Crippen molar-refractivity contribution in [2.75, 3.05) is 0 Å². The van der Waals surface area contributed by atoms with E-state index in [9.17, 15) is 0 Å². The van der Waals surface area contributed by atoms with E-state index >= 15 is 0 Å². The zero-order chi connectivity index (χ0) is 8.39. The van der Waals surface area contributed by atoms with Gasteiger partial charge < -0.3 is 0 Å². The van der Waals surface area contributed by atoms with Crippen molar-refractivity contribution in [3.05, 3.63) is 29.1 Å². The second-order valence-corrected chi connectivity index (χ2v) is 3.05. The van der Waals surface area contributed by atoms with Crippen LogP contribution in [0.25, 0.3) is 5.82 Å². The van der Waals surface area contributed by atoms with Crippen molar-refractivity contribution in [2.45, 2.75) is 0 Å². The van der Waals surface area contributed by atoms with Gasteiger partial charge in [0.15, 0.2) is 0 Å². The van der Waals surface area contributed by atoms with Crippen LogP contribution in [0.1, 0.15) is 0 Å². The van der Waals surface area contributed by atoms with Crippen LogP contribution in [-0.2, 0) is 0 Å².